The van der Waals surface area contributed by atoms with E-state index in [0.29, 0.717) is 6.54 Å². The fraction of sp³-hybridized carbons (Fsp3) is 0.562. The van der Waals surface area contributed by atoms with Gasteiger partial charge in [-0.3, -0.25) is 4.79 Å². The highest BCUT2D eigenvalue weighted by molar-refractivity contribution is 5.67. The largest absolute Gasteiger partial charge is 0.481 e. The standard InChI is InChI=1S/C16H23NO3/c1-17(7-8-18)15(11-16(19)20)10-12-5-6-13-3-2-4-14(13)9-12/h5-6,9,15,18H,2-4,7-8,10-11H2,1H3,(H,19,20). The number of carbonyl (C=O) groups is 1. The quantitative estimate of drug-likeness (QED) is 0.792. The Hall–Kier alpha value is -1.39. The molecule has 2 N–H and O–H groups in total. The van der Waals surface area contributed by atoms with Gasteiger partial charge in [-0.05, 0) is 49.4 Å². The van der Waals surface area contributed by atoms with Crippen LogP contribution in [0.1, 0.15) is 29.5 Å². The molecule has 0 fully saturated rings. The Balaban J connectivity index is 2.08. The van der Waals surface area contributed by atoms with Gasteiger partial charge < -0.3 is 15.1 Å². The zero-order valence-electron chi connectivity index (χ0n) is 12.0. The number of carboxylic acid groups (broad SMARTS) is 1. The maximum Gasteiger partial charge on any atom is 0.304 e. The van der Waals surface area contributed by atoms with Crippen LogP contribution in [0, 0.1) is 0 Å². The minimum atomic E-state index is -0.791. The molecular weight excluding hydrogens is 254 g/mol. The predicted molar refractivity (Wildman–Crippen MR) is 77.9 cm³/mol. The molecule has 0 spiro atoms. The molecule has 1 aromatic carbocycles. The van der Waals surface area contributed by atoms with Crippen molar-refractivity contribution in [2.24, 2.45) is 0 Å². The zero-order chi connectivity index (χ0) is 14.5. The Bertz CT molecular complexity index is 473. The molecule has 1 aliphatic rings. The first-order chi connectivity index (χ1) is 9.60. The maximum atomic E-state index is 11.0. The van der Waals surface area contributed by atoms with Crippen LogP contribution >= 0.6 is 0 Å². The number of aliphatic carboxylic acids is 1. The first-order valence-electron chi connectivity index (χ1n) is 7.23. The Morgan fingerprint density at radius 3 is 2.80 bits per heavy atom. The molecule has 110 valence electrons. The molecule has 0 aromatic heterocycles. The SMILES string of the molecule is CN(CCO)C(CC(=O)O)Cc1ccc2c(c1)CCC2. The average molecular weight is 277 g/mol. The zero-order valence-corrected chi connectivity index (χ0v) is 12.0. The summed E-state index contributed by atoms with van der Waals surface area (Å²) in [7, 11) is 1.87. The summed E-state index contributed by atoms with van der Waals surface area (Å²) in [5.41, 5.74) is 4.05. The molecule has 1 unspecified atom stereocenters. The van der Waals surface area contributed by atoms with Gasteiger partial charge in [-0.15, -0.1) is 0 Å². The van der Waals surface area contributed by atoms with Gasteiger partial charge in [0.05, 0.1) is 13.0 Å². The smallest absolute Gasteiger partial charge is 0.304 e. The number of aryl methyl sites for hydroxylation is 2. The van der Waals surface area contributed by atoms with Crippen molar-refractivity contribution in [1.29, 1.82) is 0 Å². The summed E-state index contributed by atoms with van der Waals surface area (Å²) in [5, 5.41) is 18.1. The lowest BCUT2D eigenvalue weighted by Gasteiger charge is -2.26. The second kappa shape index (κ2) is 6.86. The second-order valence-corrected chi connectivity index (χ2v) is 5.62. The van der Waals surface area contributed by atoms with Crippen molar-refractivity contribution in [3.8, 4) is 0 Å². The molecule has 0 radical (unpaired) electrons. The van der Waals surface area contributed by atoms with E-state index in [1.54, 1.807) is 0 Å². The summed E-state index contributed by atoms with van der Waals surface area (Å²) in [6.45, 7) is 0.555. The topological polar surface area (TPSA) is 60.8 Å². The molecule has 1 atom stereocenters. The fourth-order valence-corrected chi connectivity index (χ4v) is 2.95. The van der Waals surface area contributed by atoms with Gasteiger partial charge >= 0.3 is 5.97 Å². The van der Waals surface area contributed by atoms with E-state index in [1.807, 2.05) is 11.9 Å². The Morgan fingerprint density at radius 2 is 2.10 bits per heavy atom. The molecule has 20 heavy (non-hydrogen) atoms. The summed E-state index contributed by atoms with van der Waals surface area (Å²) >= 11 is 0. The molecular formula is C16H23NO3. The summed E-state index contributed by atoms with van der Waals surface area (Å²) in [5.74, 6) is -0.791. The molecule has 0 saturated carbocycles. The van der Waals surface area contributed by atoms with Crippen LogP contribution in [0.15, 0.2) is 18.2 Å². The number of aliphatic hydroxyl groups excluding tert-OH is 1. The van der Waals surface area contributed by atoms with Crippen molar-refractivity contribution in [3.63, 3.8) is 0 Å². The molecule has 0 saturated heterocycles. The fourth-order valence-electron chi connectivity index (χ4n) is 2.95. The van der Waals surface area contributed by atoms with Crippen molar-refractivity contribution in [2.45, 2.75) is 38.1 Å². The Labute approximate surface area is 120 Å². The van der Waals surface area contributed by atoms with Crippen molar-refractivity contribution < 1.29 is 15.0 Å². The molecule has 0 bridgehead atoms. The molecule has 0 heterocycles. The van der Waals surface area contributed by atoms with Gasteiger partial charge in [0.15, 0.2) is 0 Å². The lowest BCUT2D eigenvalue weighted by atomic mass is 9.98. The first kappa shape index (κ1) is 15.0. The van der Waals surface area contributed by atoms with Gasteiger partial charge in [-0.2, -0.15) is 0 Å². The molecule has 2 rings (SSSR count). The number of fused-ring (bicyclic) bond motifs is 1. The number of nitrogens with zero attached hydrogens (tertiary/aromatic N) is 1. The van der Waals surface area contributed by atoms with E-state index < -0.39 is 5.97 Å². The number of aliphatic hydroxyl groups is 1. The van der Waals surface area contributed by atoms with E-state index in [1.165, 1.54) is 29.5 Å². The van der Waals surface area contributed by atoms with E-state index in [4.69, 9.17) is 10.2 Å². The Kier molecular flexibility index (Phi) is 5.15. The first-order valence-corrected chi connectivity index (χ1v) is 7.23. The highest BCUT2D eigenvalue weighted by Crippen LogP contribution is 2.24. The van der Waals surface area contributed by atoms with E-state index >= 15 is 0 Å². The van der Waals surface area contributed by atoms with Crippen LogP contribution in [-0.4, -0.2) is 47.3 Å². The maximum absolute atomic E-state index is 11.0. The van der Waals surface area contributed by atoms with Gasteiger partial charge in [0, 0.05) is 12.6 Å². The van der Waals surface area contributed by atoms with Crippen LogP contribution in [0.5, 0.6) is 0 Å². The van der Waals surface area contributed by atoms with Gasteiger partial charge in [-0.25, -0.2) is 0 Å². The Morgan fingerprint density at radius 1 is 1.35 bits per heavy atom. The summed E-state index contributed by atoms with van der Waals surface area (Å²) in [4.78, 5) is 12.9. The molecule has 1 aromatic rings. The summed E-state index contributed by atoms with van der Waals surface area (Å²) in [6, 6.07) is 6.45. The second-order valence-electron chi connectivity index (χ2n) is 5.62. The summed E-state index contributed by atoms with van der Waals surface area (Å²) < 4.78 is 0. The van der Waals surface area contributed by atoms with Gasteiger partial charge in [0.1, 0.15) is 0 Å². The normalized spacial score (nSPS) is 15.3. The van der Waals surface area contributed by atoms with Crippen LogP contribution in [0.3, 0.4) is 0 Å². The minimum Gasteiger partial charge on any atom is -0.481 e. The number of carboxylic acids is 1. The molecule has 0 amide bonds. The van der Waals surface area contributed by atoms with Crippen molar-refractivity contribution in [3.05, 3.63) is 34.9 Å². The predicted octanol–water partition coefficient (Wildman–Crippen LogP) is 1.49. The summed E-state index contributed by atoms with van der Waals surface area (Å²) in [6.07, 6.45) is 4.35. The minimum absolute atomic E-state index is 0.0524. The number of hydrogen-bond donors (Lipinski definition) is 2. The lowest BCUT2D eigenvalue weighted by Crippen LogP contribution is -2.37. The van der Waals surface area contributed by atoms with Crippen LogP contribution in [0.2, 0.25) is 0 Å². The number of likely N-dealkylation sites (N-methyl/N-ethyl adjacent to an activating group) is 1. The van der Waals surface area contributed by atoms with Gasteiger partial charge in [0.2, 0.25) is 0 Å². The van der Waals surface area contributed by atoms with Crippen molar-refractivity contribution >= 4 is 5.97 Å². The number of rotatable bonds is 7. The average Bonchev–Trinajstić information content (AvgIpc) is 2.85. The van der Waals surface area contributed by atoms with E-state index in [0.717, 1.165) is 12.8 Å². The van der Waals surface area contributed by atoms with E-state index in [-0.39, 0.29) is 19.1 Å². The molecule has 0 aliphatic heterocycles. The highest BCUT2D eigenvalue weighted by atomic mass is 16.4. The van der Waals surface area contributed by atoms with Crippen LogP contribution < -0.4 is 0 Å². The van der Waals surface area contributed by atoms with Crippen molar-refractivity contribution in [1.82, 2.24) is 4.90 Å². The van der Waals surface area contributed by atoms with E-state index in [9.17, 15) is 4.79 Å². The van der Waals surface area contributed by atoms with Crippen LogP contribution in [0.25, 0.3) is 0 Å². The molecule has 4 heteroatoms. The third-order valence-corrected chi connectivity index (χ3v) is 4.12. The molecule has 1 aliphatic carbocycles. The van der Waals surface area contributed by atoms with Gasteiger partial charge in [0.25, 0.3) is 0 Å². The molecule has 4 nitrogen and oxygen atoms in total. The van der Waals surface area contributed by atoms with Gasteiger partial charge in [-0.1, -0.05) is 18.2 Å². The number of hydrogen-bond acceptors (Lipinski definition) is 3. The monoisotopic (exact) mass is 277 g/mol. The van der Waals surface area contributed by atoms with Crippen LogP contribution in [-0.2, 0) is 24.1 Å². The third kappa shape index (κ3) is 3.81. The van der Waals surface area contributed by atoms with Crippen LogP contribution in [0.4, 0.5) is 0 Å². The van der Waals surface area contributed by atoms with E-state index in [2.05, 4.69) is 18.2 Å². The number of benzene rings is 1. The lowest BCUT2D eigenvalue weighted by molar-refractivity contribution is -0.138. The highest BCUT2D eigenvalue weighted by Gasteiger charge is 2.19. The third-order valence-electron chi connectivity index (χ3n) is 4.12. The van der Waals surface area contributed by atoms with Crippen molar-refractivity contribution in [2.75, 3.05) is 20.2 Å².